The molecule has 164 valence electrons. The number of nitrogens with two attached hydrogens (primary N) is 1. The molecule has 0 aromatic heterocycles. The number of benzene rings is 1. The van der Waals surface area contributed by atoms with E-state index in [0.717, 1.165) is 0 Å². The number of carbonyl (C=O) groups is 1. The van der Waals surface area contributed by atoms with E-state index < -0.39 is 34.8 Å². The van der Waals surface area contributed by atoms with Crippen molar-refractivity contribution in [3.63, 3.8) is 0 Å². The molecule has 1 aromatic rings. The van der Waals surface area contributed by atoms with Gasteiger partial charge in [0.05, 0.1) is 23.4 Å². The Morgan fingerprint density at radius 3 is 2.53 bits per heavy atom. The molecule has 0 saturated carbocycles. The number of nitriles is 3. The zero-order valence-electron chi connectivity index (χ0n) is 17.8. The molecule has 0 unspecified atom stereocenters. The van der Waals surface area contributed by atoms with Gasteiger partial charge in [-0.1, -0.05) is 22.0 Å². The molecule has 1 aliphatic heterocycles. The number of hydrogen-bond acceptors (Lipinski definition) is 6. The second-order valence-corrected chi connectivity index (χ2v) is 9.64. The van der Waals surface area contributed by atoms with Crippen LogP contribution in [0.3, 0.4) is 0 Å². The average molecular weight is 498 g/mol. The lowest BCUT2D eigenvalue weighted by Crippen LogP contribution is -2.50. The summed E-state index contributed by atoms with van der Waals surface area (Å²) in [5, 5.41) is 29.9. The number of carbonyl (C=O) groups excluding carboxylic acids is 1. The zero-order valence-corrected chi connectivity index (χ0v) is 19.4. The van der Waals surface area contributed by atoms with Gasteiger partial charge in [0.1, 0.15) is 17.5 Å². The lowest BCUT2D eigenvalue weighted by atomic mass is 9.58. The van der Waals surface area contributed by atoms with Gasteiger partial charge < -0.3 is 15.4 Å². The van der Waals surface area contributed by atoms with Crippen LogP contribution in [0.2, 0.25) is 0 Å². The van der Waals surface area contributed by atoms with Gasteiger partial charge >= 0.3 is 6.09 Å². The Labute approximate surface area is 194 Å². The number of ether oxygens (including phenoxy) is 1. The lowest BCUT2D eigenvalue weighted by Gasteiger charge is -2.45. The second-order valence-electron chi connectivity index (χ2n) is 8.73. The molecule has 0 saturated heterocycles. The third-order valence-corrected chi connectivity index (χ3v) is 6.10. The van der Waals surface area contributed by atoms with Crippen LogP contribution >= 0.6 is 15.9 Å². The third-order valence-electron chi connectivity index (χ3n) is 5.61. The SMILES string of the molecule is CC(C)(C)OC(=O)N1CC=C2C(C#N)=C(N)C(C#N)(C#N)[C@@H](c3cc(Br)ccc3F)[C@H]2C1. The average Bonchev–Trinajstić information content (AvgIpc) is 2.73. The van der Waals surface area contributed by atoms with E-state index in [-0.39, 0.29) is 29.9 Å². The van der Waals surface area contributed by atoms with Crippen molar-refractivity contribution in [2.75, 3.05) is 13.1 Å². The summed E-state index contributed by atoms with van der Waals surface area (Å²) in [7, 11) is 0. The van der Waals surface area contributed by atoms with Gasteiger partial charge in [-0.05, 0) is 50.1 Å². The molecular weight excluding hydrogens is 477 g/mol. The van der Waals surface area contributed by atoms with Gasteiger partial charge in [0.25, 0.3) is 0 Å². The van der Waals surface area contributed by atoms with Crippen molar-refractivity contribution in [3.8, 4) is 18.2 Å². The molecule has 3 rings (SSSR count). The molecule has 0 bridgehead atoms. The molecule has 1 heterocycles. The first-order valence-electron chi connectivity index (χ1n) is 9.85. The highest BCUT2D eigenvalue weighted by atomic mass is 79.9. The van der Waals surface area contributed by atoms with Gasteiger partial charge in [0.15, 0.2) is 5.41 Å². The van der Waals surface area contributed by atoms with Gasteiger partial charge in [0.2, 0.25) is 0 Å². The number of rotatable bonds is 1. The fourth-order valence-electron chi connectivity index (χ4n) is 4.25. The van der Waals surface area contributed by atoms with Gasteiger partial charge in [-0.3, -0.25) is 0 Å². The molecule has 1 aromatic carbocycles. The number of halogens is 2. The van der Waals surface area contributed by atoms with E-state index >= 15 is 4.39 Å². The molecule has 1 aliphatic carbocycles. The largest absolute Gasteiger partial charge is 0.444 e. The molecule has 0 radical (unpaired) electrons. The van der Waals surface area contributed by atoms with E-state index in [1.54, 1.807) is 26.8 Å². The Morgan fingerprint density at radius 1 is 1.31 bits per heavy atom. The number of hydrogen-bond donors (Lipinski definition) is 1. The highest BCUT2D eigenvalue weighted by Crippen LogP contribution is 2.54. The molecule has 0 spiro atoms. The molecule has 7 nitrogen and oxygen atoms in total. The van der Waals surface area contributed by atoms with E-state index in [1.165, 1.54) is 23.1 Å². The predicted octanol–water partition coefficient (Wildman–Crippen LogP) is 4.25. The summed E-state index contributed by atoms with van der Waals surface area (Å²) < 4.78 is 21.0. The summed E-state index contributed by atoms with van der Waals surface area (Å²) >= 11 is 3.31. The first-order chi connectivity index (χ1) is 15.0. The number of nitrogens with zero attached hydrogens (tertiary/aromatic N) is 4. The van der Waals surface area contributed by atoms with Gasteiger partial charge in [-0.25, -0.2) is 9.18 Å². The summed E-state index contributed by atoms with van der Waals surface area (Å²) in [6.07, 6.45) is 1.08. The van der Waals surface area contributed by atoms with Crippen LogP contribution in [0.1, 0.15) is 32.3 Å². The van der Waals surface area contributed by atoms with E-state index in [9.17, 15) is 20.6 Å². The Bertz CT molecular complexity index is 1150. The minimum absolute atomic E-state index is 0.0218. The van der Waals surface area contributed by atoms with Crippen LogP contribution in [0.25, 0.3) is 0 Å². The van der Waals surface area contributed by atoms with Crippen molar-refractivity contribution in [1.29, 1.82) is 15.8 Å². The van der Waals surface area contributed by atoms with Crippen LogP contribution in [0.5, 0.6) is 0 Å². The molecule has 0 fully saturated rings. The fraction of sp³-hybridized carbons (Fsp3) is 0.391. The van der Waals surface area contributed by atoms with Crippen molar-refractivity contribution in [1.82, 2.24) is 4.90 Å². The van der Waals surface area contributed by atoms with Crippen LogP contribution in [-0.2, 0) is 4.74 Å². The summed E-state index contributed by atoms with van der Waals surface area (Å²) in [6.45, 7) is 5.40. The highest BCUT2D eigenvalue weighted by Gasteiger charge is 2.55. The smallest absolute Gasteiger partial charge is 0.410 e. The van der Waals surface area contributed by atoms with Crippen molar-refractivity contribution in [2.24, 2.45) is 17.1 Å². The zero-order chi connectivity index (χ0) is 23.8. The maximum absolute atomic E-state index is 15.0. The van der Waals surface area contributed by atoms with E-state index in [1.807, 2.05) is 18.2 Å². The van der Waals surface area contributed by atoms with Crippen LogP contribution in [-0.4, -0.2) is 29.7 Å². The maximum Gasteiger partial charge on any atom is 0.410 e. The number of allylic oxidation sites excluding steroid dienone is 2. The molecule has 32 heavy (non-hydrogen) atoms. The third kappa shape index (κ3) is 3.83. The van der Waals surface area contributed by atoms with Gasteiger partial charge in [-0.2, -0.15) is 15.8 Å². The predicted molar refractivity (Wildman–Crippen MR) is 117 cm³/mol. The first kappa shape index (κ1) is 23.3. The van der Waals surface area contributed by atoms with Gasteiger partial charge in [0, 0.05) is 29.4 Å². The van der Waals surface area contributed by atoms with E-state index in [0.29, 0.717) is 10.0 Å². The molecule has 9 heteroatoms. The van der Waals surface area contributed by atoms with Crippen LogP contribution in [0.4, 0.5) is 9.18 Å². The van der Waals surface area contributed by atoms with Crippen LogP contribution in [0, 0.1) is 51.1 Å². The Balaban J connectivity index is 2.24. The standard InChI is InChI=1S/C23H21BrFN5O2/c1-22(2,3)32-21(31)30-7-6-14-16(9-26)20(29)23(11-27,12-28)19(17(14)10-30)15-8-13(24)4-5-18(15)25/h4-6,8,17,19H,7,10,29H2,1-3H3/t17-,19-/m0/s1. The summed E-state index contributed by atoms with van der Waals surface area (Å²) in [4.78, 5) is 14.1. The highest BCUT2D eigenvalue weighted by molar-refractivity contribution is 9.10. The quantitative estimate of drug-likeness (QED) is 0.617. The van der Waals surface area contributed by atoms with E-state index in [2.05, 4.69) is 15.9 Å². The molecule has 2 N–H and O–H groups in total. The Kier molecular flexibility index (Phi) is 6.05. The fourth-order valence-corrected chi connectivity index (χ4v) is 4.63. The van der Waals surface area contributed by atoms with Crippen molar-refractivity contribution in [3.05, 3.63) is 57.0 Å². The topological polar surface area (TPSA) is 127 Å². The van der Waals surface area contributed by atoms with Crippen molar-refractivity contribution < 1.29 is 13.9 Å². The second kappa shape index (κ2) is 8.30. The minimum atomic E-state index is -1.99. The van der Waals surface area contributed by atoms with Crippen LogP contribution < -0.4 is 5.73 Å². The summed E-state index contributed by atoms with van der Waals surface area (Å²) in [5.74, 6) is -2.39. The molecular formula is C23H21BrFN5O2. The summed E-state index contributed by atoms with van der Waals surface area (Å²) in [6, 6.07) is 10.1. The maximum atomic E-state index is 15.0. The Hall–Kier alpha value is -3.35. The summed E-state index contributed by atoms with van der Waals surface area (Å²) in [5.41, 5.74) is 3.91. The normalized spacial score (nSPS) is 22.1. The molecule has 2 aliphatic rings. The lowest BCUT2D eigenvalue weighted by molar-refractivity contribution is 0.0224. The first-order valence-corrected chi connectivity index (χ1v) is 10.6. The van der Waals surface area contributed by atoms with E-state index in [4.69, 9.17) is 10.5 Å². The van der Waals surface area contributed by atoms with Gasteiger partial charge in [-0.15, -0.1) is 0 Å². The molecule has 2 atom stereocenters. The van der Waals surface area contributed by atoms with Crippen molar-refractivity contribution >= 4 is 22.0 Å². The van der Waals surface area contributed by atoms with Crippen molar-refractivity contribution in [2.45, 2.75) is 32.3 Å². The number of fused-ring (bicyclic) bond motifs is 1. The molecule has 1 amide bonds. The Morgan fingerprint density at radius 2 is 1.97 bits per heavy atom. The number of amides is 1. The van der Waals surface area contributed by atoms with Crippen LogP contribution in [0.15, 0.2) is 45.6 Å². The minimum Gasteiger partial charge on any atom is -0.444 e. The monoisotopic (exact) mass is 497 g/mol.